The lowest BCUT2D eigenvalue weighted by molar-refractivity contribution is -0.114. The number of carbonyl (C=O) groups is 1. The first-order valence-electron chi connectivity index (χ1n) is 12.0. The van der Waals surface area contributed by atoms with E-state index in [-0.39, 0.29) is 18.2 Å². The third-order valence-corrected chi connectivity index (χ3v) is 7.77. The second-order valence-corrected chi connectivity index (χ2v) is 10.2. The molecule has 0 bridgehead atoms. The zero-order valence-electron chi connectivity index (χ0n) is 19.5. The Labute approximate surface area is 198 Å². The quantitative estimate of drug-likeness (QED) is 0.658. The lowest BCUT2D eigenvalue weighted by Crippen LogP contribution is -2.42. The van der Waals surface area contributed by atoms with Crippen LogP contribution in [0.1, 0.15) is 54.6 Å². The first kappa shape index (κ1) is 21.2. The van der Waals surface area contributed by atoms with Gasteiger partial charge in [0.1, 0.15) is 12.4 Å². The molecule has 0 radical (unpaired) electrons. The van der Waals surface area contributed by atoms with E-state index in [4.69, 9.17) is 0 Å². The lowest BCUT2D eigenvalue weighted by atomic mass is 9.63. The van der Waals surface area contributed by atoms with E-state index in [0.29, 0.717) is 11.7 Å². The summed E-state index contributed by atoms with van der Waals surface area (Å²) in [6.07, 6.45) is 7.58. The Balaban J connectivity index is 1.49. The summed E-state index contributed by atoms with van der Waals surface area (Å²) in [5.41, 5.74) is 5.30. The number of fused-ring (bicyclic) bond motifs is 4. The molecule has 3 aliphatic rings. The molecular weight excluding hydrogens is 424 g/mol. The molecule has 0 aliphatic heterocycles. The molecule has 3 aromatic rings. The molecule has 1 aromatic heterocycles. The van der Waals surface area contributed by atoms with Gasteiger partial charge in [-0.3, -0.25) is 4.79 Å². The highest BCUT2D eigenvalue weighted by Crippen LogP contribution is 2.48. The number of hydrogen-bond acceptors (Lipinski definition) is 5. The van der Waals surface area contributed by atoms with Gasteiger partial charge < -0.3 is 5.11 Å². The van der Waals surface area contributed by atoms with Crippen molar-refractivity contribution in [3.63, 3.8) is 0 Å². The summed E-state index contributed by atoms with van der Waals surface area (Å²) in [6.45, 7) is 3.92. The predicted molar refractivity (Wildman–Crippen MR) is 130 cm³/mol. The van der Waals surface area contributed by atoms with Gasteiger partial charge >= 0.3 is 0 Å². The summed E-state index contributed by atoms with van der Waals surface area (Å²) < 4.78 is 1.54. The lowest BCUT2D eigenvalue weighted by Gasteiger charge is -2.43. The number of hydrogen-bond donors (Lipinski definition) is 1. The number of allylic oxidation sites excluding steroid dienone is 1. The van der Waals surface area contributed by atoms with Crippen LogP contribution in [0.3, 0.4) is 0 Å². The Bertz CT molecular complexity index is 1450. The van der Waals surface area contributed by atoms with Gasteiger partial charge in [-0.2, -0.15) is 0 Å². The van der Waals surface area contributed by atoms with Gasteiger partial charge in [-0.15, -0.1) is 5.10 Å². The van der Waals surface area contributed by atoms with E-state index in [0.717, 1.165) is 36.5 Å². The van der Waals surface area contributed by atoms with Gasteiger partial charge in [0.25, 0.3) is 0 Å². The zero-order valence-corrected chi connectivity index (χ0v) is 19.5. The minimum Gasteiger partial charge on any atom is -0.390 e. The van der Waals surface area contributed by atoms with E-state index >= 15 is 0 Å². The highest BCUT2D eigenvalue weighted by Gasteiger charge is 2.41. The average Bonchev–Trinajstić information content (AvgIpc) is 3.44. The number of rotatable bonds is 4. The number of Topliss-reactive ketones (excluding diaryl/α,β-unsaturated/α-hetero) is 1. The molecule has 3 aliphatic carbocycles. The van der Waals surface area contributed by atoms with E-state index in [9.17, 15) is 9.90 Å². The van der Waals surface area contributed by atoms with Crippen LogP contribution in [0.15, 0.2) is 48.5 Å². The third kappa shape index (κ3) is 3.44. The third-order valence-electron chi connectivity index (χ3n) is 7.77. The van der Waals surface area contributed by atoms with Crippen LogP contribution in [0, 0.1) is 12.8 Å². The second-order valence-electron chi connectivity index (χ2n) is 10.2. The molecule has 1 saturated carbocycles. The van der Waals surface area contributed by atoms with Crippen LogP contribution in [0.25, 0.3) is 17.2 Å². The Morgan fingerprint density at radius 3 is 2.68 bits per heavy atom. The number of ketones is 1. The molecule has 2 aromatic carbocycles. The van der Waals surface area contributed by atoms with Gasteiger partial charge in [0, 0.05) is 11.5 Å². The first-order valence-corrected chi connectivity index (χ1v) is 12.0. The van der Waals surface area contributed by atoms with Gasteiger partial charge in [0.2, 0.25) is 0 Å². The van der Waals surface area contributed by atoms with Crippen molar-refractivity contribution in [1.29, 1.82) is 0 Å². The summed E-state index contributed by atoms with van der Waals surface area (Å²) in [5, 5.41) is 24.9. The van der Waals surface area contributed by atoms with Crippen LogP contribution >= 0.6 is 0 Å². The van der Waals surface area contributed by atoms with E-state index in [1.807, 2.05) is 19.1 Å². The van der Waals surface area contributed by atoms with Crippen molar-refractivity contribution >= 4 is 23.0 Å². The Morgan fingerprint density at radius 1 is 1.12 bits per heavy atom. The molecule has 1 N–H and O–H groups in total. The molecule has 172 valence electrons. The van der Waals surface area contributed by atoms with Crippen LogP contribution in [-0.4, -0.2) is 36.7 Å². The highest BCUT2D eigenvalue weighted by atomic mass is 16.3. The maximum atomic E-state index is 13.1. The number of tetrazole rings is 1. The van der Waals surface area contributed by atoms with Crippen molar-refractivity contribution in [2.75, 3.05) is 0 Å². The molecule has 6 rings (SSSR count). The van der Waals surface area contributed by atoms with Gasteiger partial charge in [0.15, 0.2) is 5.78 Å². The zero-order chi connectivity index (χ0) is 23.4. The van der Waals surface area contributed by atoms with Crippen molar-refractivity contribution in [2.45, 2.75) is 57.6 Å². The van der Waals surface area contributed by atoms with Crippen LogP contribution in [0.2, 0.25) is 0 Å². The number of nitrogens with zero attached hydrogens (tertiary/aromatic N) is 4. The SMILES string of the molecule is Cc1nnnn1CC(=O)C1=c2ccc3c(c2C=C1)CC[C@@H]1C[C@@](C)(O)CC(c2ccccc2)C=31. The molecule has 6 heteroatoms. The van der Waals surface area contributed by atoms with Gasteiger partial charge in [-0.05, 0) is 83.0 Å². The second kappa shape index (κ2) is 7.84. The van der Waals surface area contributed by atoms with Crippen molar-refractivity contribution in [3.8, 4) is 0 Å². The summed E-state index contributed by atoms with van der Waals surface area (Å²) in [4.78, 5) is 13.1. The average molecular weight is 453 g/mol. The highest BCUT2D eigenvalue weighted by molar-refractivity contribution is 6.20. The van der Waals surface area contributed by atoms with Crippen LogP contribution in [0.4, 0.5) is 0 Å². The molecule has 1 unspecified atom stereocenters. The Morgan fingerprint density at radius 2 is 1.91 bits per heavy atom. The van der Waals surface area contributed by atoms with Crippen molar-refractivity contribution in [3.05, 3.63) is 81.5 Å². The normalized spacial score (nSPS) is 25.1. The van der Waals surface area contributed by atoms with Crippen LogP contribution in [0.5, 0.6) is 0 Å². The van der Waals surface area contributed by atoms with Gasteiger partial charge in [-0.1, -0.05) is 60.2 Å². The predicted octanol–water partition coefficient (Wildman–Crippen LogP) is 2.47. The van der Waals surface area contributed by atoms with Crippen LogP contribution < -0.4 is 10.4 Å². The topological polar surface area (TPSA) is 80.9 Å². The van der Waals surface area contributed by atoms with Crippen LogP contribution in [-0.2, 0) is 17.8 Å². The van der Waals surface area contributed by atoms with Crippen molar-refractivity contribution in [1.82, 2.24) is 20.2 Å². The maximum Gasteiger partial charge on any atom is 0.185 e. The van der Waals surface area contributed by atoms with Crippen molar-refractivity contribution < 1.29 is 9.90 Å². The largest absolute Gasteiger partial charge is 0.390 e. The smallest absolute Gasteiger partial charge is 0.185 e. The van der Waals surface area contributed by atoms with E-state index in [1.165, 1.54) is 27.5 Å². The summed E-state index contributed by atoms with van der Waals surface area (Å²) in [5.74, 6) is 1.22. The number of benzene rings is 2. The summed E-state index contributed by atoms with van der Waals surface area (Å²) in [6, 6.07) is 14.9. The number of carbonyl (C=O) groups excluding carboxylic acids is 1. The maximum absolute atomic E-state index is 13.1. The fourth-order valence-electron chi connectivity index (χ4n) is 6.27. The molecule has 0 amide bonds. The number of aliphatic hydroxyl groups is 1. The number of aromatic nitrogens is 4. The standard InChI is InChI=1S/C28H28N4O2/c1-17-29-30-31-32(17)16-26(33)23-12-10-20-21(23)11-13-24-22(20)9-8-19-14-28(2,34)15-25(27(19)24)18-6-4-3-5-7-18/h3-7,10-13,19,25,34H,8-9,14-16H2,1-2H3/t19-,25?,28-/m1/s1. The fraction of sp³-hybridized carbons (Fsp3) is 0.357. The molecular formula is C28H28N4O2. The van der Waals surface area contributed by atoms with E-state index in [1.54, 1.807) is 11.6 Å². The Hall–Kier alpha value is -3.38. The molecule has 1 heterocycles. The first-order chi connectivity index (χ1) is 16.4. The monoisotopic (exact) mass is 452 g/mol. The summed E-state index contributed by atoms with van der Waals surface area (Å²) >= 11 is 0. The van der Waals surface area contributed by atoms with Gasteiger partial charge in [0.05, 0.1) is 5.60 Å². The number of aryl methyl sites for hydroxylation is 1. The van der Waals surface area contributed by atoms with Gasteiger partial charge in [-0.25, -0.2) is 4.68 Å². The van der Waals surface area contributed by atoms with Crippen molar-refractivity contribution in [2.24, 2.45) is 5.92 Å². The Kier molecular flexibility index (Phi) is 4.88. The fourth-order valence-corrected chi connectivity index (χ4v) is 6.27. The molecule has 0 spiro atoms. The molecule has 1 fully saturated rings. The molecule has 34 heavy (non-hydrogen) atoms. The minimum atomic E-state index is -0.662. The molecule has 0 saturated heterocycles. The summed E-state index contributed by atoms with van der Waals surface area (Å²) in [7, 11) is 0. The molecule has 6 nitrogen and oxygen atoms in total. The minimum absolute atomic E-state index is 0.0163. The molecule has 3 atom stereocenters. The van der Waals surface area contributed by atoms with E-state index in [2.05, 4.69) is 58.0 Å². The van der Waals surface area contributed by atoms with E-state index < -0.39 is 5.60 Å².